The highest BCUT2D eigenvalue weighted by Gasteiger charge is 2.28. The zero-order chi connectivity index (χ0) is 23.4. The number of aromatic nitrogens is 1. The quantitative estimate of drug-likeness (QED) is 0.300. The van der Waals surface area contributed by atoms with Crippen LogP contribution in [0.25, 0.3) is 22.0 Å². The number of hydrogen-bond acceptors (Lipinski definition) is 4. The molecular weight excluding hydrogens is 517 g/mol. The predicted octanol–water partition coefficient (Wildman–Crippen LogP) is 5.30. The Hall–Kier alpha value is -2.10. The number of nitrogens with two attached hydrogens (primary N) is 1. The van der Waals surface area contributed by atoms with E-state index in [-0.39, 0.29) is 6.09 Å². The molecule has 0 bridgehead atoms. The van der Waals surface area contributed by atoms with Gasteiger partial charge in [-0.1, -0.05) is 18.2 Å². The maximum atomic E-state index is 12.6. The number of benzene rings is 2. The number of ether oxygens (including phenoxy) is 1. The van der Waals surface area contributed by atoms with E-state index >= 15 is 0 Å². The second kappa shape index (κ2) is 8.35. The van der Waals surface area contributed by atoms with Crippen LogP contribution in [0, 0.1) is 17.4 Å². The Morgan fingerprint density at radius 3 is 2.69 bits per heavy atom. The molecule has 0 fully saturated rings. The van der Waals surface area contributed by atoms with Crippen LogP contribution in [0.5, 0.6) is 0 Å². The number of amides is 1. The van der Waals surface area contributed by atoms with Gasteiger partial charge in [0.25, 0.3) is 0 Å². The van der Waals surface area contributed by atoms with E-state index in [1.54, 1.807) is 4.90 Å². The molecule has 32 heavy (non-hydrogen) atoms. The zero-order valence-electron chi connectivity index (χ0n) is 19.2. The van der Waals surface area contributed by atoms with Crippen LogP contribution in [0.1, 0.15) is 54.9 Å². The smallest absolute Gasteiger partial charge is 0.410 e. The minimum atomic E-state index is -1.05. The zero-order valence-corrected chi connectivity index (χ0v) is 21.3. The van der Waals surface area contributed by atoms with Crippen LogP contribution < -0.4 is 5.73 Å². The summed E-state index contributed by atoms with van der Waals surface area (Å²) in [7, 11) is 0. The molecule has 6 nitrogen and oxygen atoms in total. The van der Waals surface area contributed by atoms with Gasteiger partial charge in [0, 0.05) is 38.9 Å². The first-order valence-electron chi connectivity index (χ1n) is 10.8. The SMILES string of the molecule is Cc1[nH]c2c(C(N)O)cc(I)c(-c3cccc4c3CCN(C(=O)OC(C)(C)C)C4)c2c1C. The molecule has 0 spiro atoms. The van der Waals surface area contributed by atoms with Gasteiger partial charge in [0.1, 0.15) is 11.8 Å². The average molecular weight is 547 g/mol. The molecule has 1 atom stereocenters. The van der Waals surface area contributed by atoms with Crippen LogP contribution in [0.2, 0.25) is 0 Å². The van der Waals surface area contributed by atoms with Gasteiger partial charge >= 0.3 is 6.09 Å². The fourth-order valence-electron chi connectivity index (χ4n) is 4.47. The Balaban J connectivity index is 1.83. The second-order valence-corrected chi connectivity index (χ2v) is 10.6. The largest absolute Gasteiger partial charge is 0.444 e. The molecule has 170 valence electrons. The van der Waals surface area contributed by atoms with E-state index in [0.717, 1.165) is 43.3 Å². The predicted molar refractivity (Wildman–Crippen MR) is 135 cm³/mol. The molecule has 2 aromatic carbocycles. The van der Waals surface area contributed by atoms with E-state index in [4.69, 9.17) is 10.5 Å². The molecule has 4 rings (SSSR count). The lowest BCUT2D eigenvalue weighted by molar-refractivity contribution is 0.0224. The minimum absolute atomic E-state index is 0.274. The number of carbonyl (C=O) groups is 1. The molecule has 0 saturated heterocycles. The minimum Gasteiger partial charge on any atom is -0.444 e. The van der Waals surface area contributed by atoms with E-state index in [2.05, 4.69) is 52.7 Å². The molecule has 1 aromatic heterocycles. The van der Waals surface area contributed by atoms with Crippen molar-refractivity contribution in [2.75, 3.05) is 6.54 Å². The van der Waals surface area contributed by atoms with Gasteiger partial charge in [0.05, 0.1) is 5.52 Å². The molecule has 1 aliphatic heterocycles. The summed E-state index contributed by atoms with van der Waals surface area (Å²) >= 11 is 2.34. The van der Waals surface area contributed by atoms with Crippen molar-refractivity contribution < 1.29 is 14.6 Å². The number of aliphatic hydroxyl groups excluding tert-OH is 1. The lowest BCUT2D eigenvalue weighted by atomic mass is 9.88. The molecule has 0 radical (unpaired) electrons. The van der Waals surface area contributed by atoms with Gasteiger partial charge in [-0.2, -0.15) is 0 Å². The highest BCUT2D eigenvalue weighted by Crippen LogP contribution is 2.42. The Morgan fingerprint density at radius 2 is 2.03 bits per heavy atom. The highest BCUT2D eigenvalue weighted by molar-refractivity contribution is 14.1. The van der Waals surface area contributed by atoms with Crippen molar-refractivity contribution in [1.29, 1.82) is 0 Å². The first-order chi connectivity index (χ1) is 15.0. The summed E-state index contributed by atoms with van der Waals surface area (Å²) in [4.78, 5) is 17.8. The summed E-state index contributed by atoms with van der Waals surface area (Å²) in [6.07, 6.45) is -0.569. The Kier molecular flexibility index (Phi) is 6.02. The molecule has 0 saturated carbocycles. The number of fused-ring (bicyclic) bond motifs is 2. The van der Waals surface area contributed by atoms with Gasteiger partial charge in [-0.25, -0.2) is 4.79 Å². The van der Waals surface area contributed by atoms with Crippen LogP contribution in [0.3, 0.4) is 0 Å². The van der Waals surface area contributed by atoms with Crippen LogP contribution in [0.15, 0.2) is 24.3 Å². The molecular formula is C25H30IN3O3. The van der Waals surface area contributed by atoms with Crippen LogP contribution in [0.4, 0.5) is 4.79 Å². The van der Waals surface area contributed by atoms with Gasteiger partial charge in [0.2, 0.25) is 0 Å². The lowest BCUT2D eigenvalue weighted by Crippen LogP contribution is -2.40. The van der Waals surface area contributed by atoms with Crippen molar-refractivity contribution in [3.8, 4) is 11.1 Å². The summed E-state index contributed by atoms with van der Waals surface area (Å²) < 4.78 is 6.63. The van der Waals surface area contributed by atoms with Gasteiger partial charge < -0.3 is 25.5 Å². The number of nitrogens with zero attached hydrogens (tertiary/aromatic N) is 1. The average Bonchev–Trinajstić information content (AvgIpc) is 3.00. The maximum absolute atomic E-state index is 12.6. The summed E-state index contributed by atoms with van der Waals surface area (Å²) in [6, 6.07) is 8.26. The molecule has 7 heteroatoms. The topological polar surface area (TPSA) is 91.6 Å². The van der Waals surface area contributed by atoms with E-state index < -0.39 is 11.8 Å². The van der Waals surface area contributed by atoms with E-state index in [1.165, 1.54) is 11.1 Å². The molecule has 1 amide bonds. The van der Waals surface area contributed by atoms with E-state index in [0.29, 0.717) is 18.7 Å². The second-order valence-electron chi connectivity index (χ2n) is 9.49. The van der Waals surface area contributed by atoms with Gasteiger partial charge in [-0.15, -0.1) is 0 Å². The van der Waals surface area contributed by atoms with Crippen LogP contribution >= 0.6 is 22.6 Å². The number of rotatable bonds is 2. The van der Waals surface area contributed by atoms with Crippen molar-refractivity contribution in [3.05, 3.63) is 55.8 Å². The van der Waals surface area contributed by atoms with Crippen molar-refractivity contribution >= 4 is 39.6 Å². The standard InChI is InChI=1S/C25H30IN3O3/c1-13-14(2)28-22-18(23(27)30)11-19(26)21(20(13)22)17-8-6-7-15-12-29(10-9-16(15)17)24(31)32-25(3,4)5/h6-8,11,23,28,30H,9-10,12,27H2,1-5H3. The molecule has 0 aliphatic carbocycles. The third kappa shape index (κ3) is 4.13. The van der Waals surface area contributed by atoms with Crippen LogP contribution in [-0.4, -0.2) is 33.2 Å². The number of aryl methyl sites for hydroxylation is 2. The third-order valence-corrected chi connectivity index (χ3v) is 6.92. The normalized spacial score (nSPS) is 15.1. The van der Waals surface area contributed by atoms with Gasteiger partial charge in [-0.3, -0.25) is 0 Å². The Morgan fingerprint density at radius 1 is 1.31 bits per heavy atom. The van der Waals surface area contributed by atoms with Gasteiger partial charge in [0.15, 0.2) is 0 Å². The monoisotopic (exact) mass is 547 g/mol. The van der Waals surface area contributed by atoms with Crippen molar-refractivity contribution in [3.63, 3.8) is 0 Å². The molecule has 4 N–H and O–H groups in total. The van der Waals surface area contributed by atoms with Crippen LogP contribution in [-0.2, 0) is 17.7 Å². The number of nitrogens with one attached hydrogen (secondary N) is 1. The molecule has 1 unspecified atom stereocenters. The van der Waals surface area contributed by atoms with Crippen molar-refractivity contribution in [2.45, 2.75) is 59.4 Å². The fraction of sp³-hybridized carbons (Fsp3) is 0.400. The number of halogens is 1. The first kappa shape index (κ1) is 23.1. The third-order valence-electron chi connectivity index (χ3n) is 6.07. The molecule has 2 heterocycles. The summed E-state index contributed by atoms with van der Waals surface area (Å²) in [6.45, 7) is 10.9. The number of aliphatic hydroxyl groups is 1. The lowest BCUT2D eigenvalue weighted by Gasteiger charge is -2.32. The Labute approximate surface area is 202 Å². The number of aromatic amines is 1. The summed E-state index contributed by atoms with van der Waals surface area (Å²) in [5, 5.41) is 11.3. The van der Waals surface area contributed by atoms with E-state index in [1.807, 2.05) is 33.8 Å². The van der Waals surface area contributed by atoms with E-state index in [9.17, 15) is 9.90 Å². The molecule has 1 aliphatic rings. The highest BCUT2D eigenvalue weighted by atomic mass is 127. The number of carbonyl (C=O) groups excluding carboxylic acids is 1. The summed E-state index contributed by atoms with van der Waals surface area (Å²) in [5.74, 6) is 0. The number of H-pyrrole nitrogens is 1. The Bertz CT molecular complexity index is 1210. The molecule has 3 aromatic rings. The van der Waals surface area contributed by atoms with Crippen molar-refractivity contribution in [2.24, 2.45) is 5.73 Å². The van der Waals surface area contributed by atoms with Crippen molar-refractivity contribution in [1.82, 2.24) is 9.88 Å². The summed E-state index contributed by atoms with van der Waals surface area (Å²) in [5.41, 5.74) is 13.9. The first-order valence-corrected chi connectivity index (χ1v) is 11.9. The van der Waals surface area contributed by atoms with Gasteiger partial charge in [-0.05, 0) is 92.0 Å². The number of hydrogen-bond donors (Lipinski definition) is 3. The fourth-order valence-corrected chi connectivity index (χ4v) is 5.37. The maximum Gasteiger partial charge on any atom is 0.410 e.